The van der Waals surface area contributed by atoms with Crippen LogP contribution < -0.4 is 4.90 Å². The second kappa shape index (κ2) is 6.78. The molecule has 0 saturated heterocycles. The molecule has 0 aromatic carbocycles. The topological polar surface area (TPSA) is 16.1 Å². The molecule has 5 heteroatoms. The number of hydrogen-bond donors (Lipinski definition) is 0. The maximum absolute atomic E-state index is 12.8. The Bertz CT molecular complexity index is 396. The lowest BCUT2D eigenvalue weighted by Crippen LogP contribution is -2.28. The van der Waals surface area contributed by atoms with E-state index in [2.05, 4.69) is 4.98 Å². The molecule has 19 heavy (non-hydrogen) atoms. The molecule has 0 aliphatic carbocycles. The molecule has 0 aliphatic heterocycles. The second-order valence-corrected chi connectivity index (χ2v) is 4.52. The molecule has 0 atom stereocenters. The van der Waals surface area contributed by atoms with Gasteiger partial charge in [-0.3, -0.25) is 0 Å². The summed E-state index contributed by atoms with van der Waals surface area (Å²) in [7, 11) is 0. The first-order chi connectivity index (χ1) is 8.93. The van der Waals surface area contributed by atoms with Gasteiger partial charge in [-0.25, -0.2) is 4.98 Å². The van der Waals surface area contributed by atoms with Gasteiger partial charge < -0.3 is 4.90 Å². The molecule has 0 fully saturated rings. The van der Waals surface area contributed by atoms with Gasteiger partial charge in [0.15, 0.2) is 0 Å². The molecular formula is C14H21F3N2. The lowest BCUT2D eigenvalue weighted by atomic mass is 10.1. The average molecular weight is 274 g/mol. The van der Waals surface area contributed by atoms with Crippen molar-refractivity contribution in [2.24, 2.45) is 0 Å². The highest BCUT2D eigenvalue weighted by Crippen LogP contribution is 2.30. The van der Waals surface area contributed by atoms with E-state index < -0.39 is 11.9 Å². The molecule has 108 valence electrons. The van der Waals surface area contributed by atoms with Crippen molar-refractivity contribution in [2.75, 3.05) is 18.0 Å². The molecule has 0 bridgehead atoms. The Balaban J connectivity index is 3.19. The van der Waals surface area contributed by atoms with Gasteiger partial charge in [0.25, 0.3) is 0 Å². The fraction of sp³-hybridized carbons (Fsp3) is 0.643. The Hall–Kier alpha value is -1.26. The van der Waals surface area contributed by atoms with Crippen LogP contribution in [0, 0.1) is 0 Å². The molecule has 2 nitrogen and oxygen atoms in total. The van der Waals surface area contributed by atoms with Gasteiger partial charge in [-0.1, -0.05) is 26.8 Å². The van der Waals surface area contributed by atoms with Crippen molar-refractivity contribution in [1.29, 1.82) is 0 Å². The number of anilines is 1. The zero-order valence-electron chi connectivity index (χ0n) is 11.7. The zero-order valence-corrected chi connectivity index (χ0v) is 11.7. The first kappa shape index (κ1) is 15.8. The predicted molar refractivity (Wildman–Crippen MR) is 71.4 cm³/mol. The largest absolute Gasteiger partial charge is 0.433 e. The summed E-state index contributed by atoms with van der Waals surface area (Å²) in [6, 6.07) is 2.61. The van der Waals surface area contributed by atoms with Gasteiger partial charge in [0.1, 0.15) is 11.5 Å². The molecule has 1 aromatic heterocycles. The van der Waals surface area contributed by atoms with Gasteiger partial charge in [0.05, 0.1) is 0 Å². The number of alkyl halides is 3. The average Bonchev–Trinajstić information content (AvgIpc) is 2.36. The fourth-order valence-electron chi connectivity index (χ4n) is 2.05. The lowest BCUT2D eigenvalue weighted by Gasteiger charge is -2.25. The summed E-state index contributed by atoms with van der Waals surface area (Å²) in [4.78, 5) is 5.81. The van der Waals surface area contributed by atoms with E-state index >= 15 is 0 Å². The molecule has 0 amide bonds. The number of hydrogen-bond acceptors (Lipinski definition) is 2. The molecule has 0 spiro atoms. The quantitative estimate of drug-likeness (QED) is 0.769. The minimum absolute atomic E-state index is 0.487. The van der Waals surface area contributed by atoms with E-state index in [-0.39, 0.29) is 0 Å². The Morgan fingerprint density at radius 2 is 1.63 bits per heavy atom. The molecule has 1 rings (SSSR count). The van der Waals surface area contributed by atoms with Crippen LogP contribution >= 0.6 is 0 Å². The van der Waals surface area contributed by atoms with E-state index in [0.717, 1.165) is 37.6 Å². The molecule has 1 heterocycles. The molecular weight excluding hydrogens is 253 g/mol. The van der Waals surface area contributed by atoms with Crippen LogP contribution in [0.4, 0.5) is 19.0 Å². The lowest BCUT2D eigenvalue weighted by molar-refractivity contribution is -0.141. The van der Waals surface area contributed by atoms with Crippen molar-refractivity contribution >= 4 is 5.82 Å². The van der Waals surface area contributed by atoms with Gasteiger partial charge in [-0.15, -0.1) is 0 Å². The van der Waals surface area contributed by atoms with Crippen LogP contribution in [-0.4, -0.2) is 18.1 Å². The summed E-state index contributed by atoms with van der Waals surface area (Å²) < 4.78 is 38.3. The Morgan fingerprint density at radius 1 is 1.05 bits per heavy atom. The van der Waals surface area contributed by atoms with Gasteiger partial charge in [-0.05, 0) is 30.9 Å². The van der Waals surface area contributed by atoms with Gasteiger partial charge in [0.2, 0.25) is 0 Å². The highest BCUT2D eigenvalue weighted by molar-refractivity contribution is 5.48. The van der Waals surface area contributed by atoms with Crippen LogP contribution in [0.3, 0.4) is 0 Å². The molecule has 0 aliphatic rings. The number of pyridine rings is 1. The summed E-state index contributed by atoms with van der Waals surface area (Å²) in [5.41, 5.74) is 0.0619. The normalized spacial score (nSPS) is 11.7. The minimum atomic E-state index is -4.38. The first-order valence-electron chi connectivity index (χ1n) is 6.76. The van der Waals surface area contributed by atoms with Gasteiger partial charge in [0, 0.05) is 13.1 Å². The third kappa shape index (κ3) is 4.11. The van der Waals surface area contributed by atoms with Crippen molar-refractivity contribution in [2.45, 2.75) is 46.2 Å². The molecule has 0 unspecified atom stereocenters. The van der Waals surface area contributed by atoms with E-state index in [4.69, 9.17) is 0 Å². The van der Waals surface area contributed by atoms with Crippen molar-refractivity contribution in [3.05, 3.63) is 23.4 Å². The number of aromatic nitrogens is 1. The molecule has 0 saturated carbocycles. The third-order valence-corrected chi connectivity index (χ3v) is 2.91. The first-order valence-corrected chi connectivity index (χ1v) is 6.76. The standard InChI is InChI=1S/C14H21F3N2/c1-4-9-19(10-5-2)13-11(6-3)7-8-12(18-13)14(15,16)17/h7-8H,4-6,9-10H2,1-3H3. The smallest absolute Gasteiger partial charge is 0.356 e. The van der Waals surface area contributed by atoms with E-state index in [0.29, 0.717) is 12.2 Å². The maximum atomic E-state index is 12.8. The minimum Gasteiger partial charge on any atom is -0.356 e. The number of halogens is 3. The number of aryl methyl sites for hydroxylation is 1. The number of nitrogens with zero attached hydrogens (tertiary/aromatic N) is 2. The Morgan fingerprint density at radius 3 is 2.05 bits per heavy atom. The van der Waals surface area contributed by atoms with Crippen molar-refractivity contribution in [1.82, 2.24) is 4.98 Å². The Kier molecular flexibility index (Phi) is 5.63. The third-order valence-electron chi connectivity index (χ3n) is 2.91. The van der Waals surface area contributed by atoms with E-state index in [1.54, 1.807) is 6.07 Å². The SMILES string of the molecule is CCCN(CCC)c1nc(C(F)(F)F)ccc1CC. The molecule has 0 radical (unpaired) electrons. The van der Waals surface area contributed by atoms with Crippen molar-refractivity contribution in [3.8, 4) is 0 Å². The summed E-state index contributed by atoms with van der Waals surface area (Å²) >= 11 is 0. The Labute approximate surface area is 112 Å². The number of rotatable bonds is 6. The maximum Gasteiger partial charge on any atom is 0.433 e. The van der Waals surface area contributed by atoms with E-state index in [1.165, 1.54) is 0 Å². The van der Waals surface area contributed by atoms with Crippen LogP contribution in [0.15, 0.2) is 12.1 Å². The van der Waals surface area contributed by atoms with Crippen LogP contribution in [0.1, 0.15) is 44.9 Å². The summed E-state index contributed by atoms with van der Waals surface area (Å²) in [6.07, 6.45) is -1.92. The van der Waals surface area contributed by atoms with Gasteiger partial charge in [-0.2, -0.15) is 13.2 Å². The summed E-state index contributed by atoms with van der Waals surface area (Å²) in [5, 5.41) is 0. The highest BCUT2D eigenvalue weighted by Gasteiger charge is 2.33. The highest BCUT2D eigenvalue weighted by atomic mass is 19.4. The van der Waals surface area contributed by atoms with Crippen LogP contribution in [-0.2, 0) is 12.6 Å². The second-order valence-electron chi connectivity index (χ2n) is 4.52. The van der Waals surface area contributed by atoms with Gasteiger partial charge >= 0.3 is 6.18 Å². The summed E-state index contributed by atoms with van der Waals surface area (Å²) in [5.74, 6) is 0.487. The molecule has 0 N–H and O–H groups in total. The van der Waals surface area contributed by atoms with E-state index in [9.17, 15) is 13.2 Å². The monoisotopic (exact) mass is 274 g/mol. The zero-order chi connectivity index (χ0) is 14.5. The van der Waals surface area contributed by atoms with Crippen molar-refractivity contribution < 1.29 is 13.2 Å². The van der Waals surface area contributed by atoms with Crippen LogP contribution in [0.2, 0.25) is 0 Å². The fourth-order valence-corrected chi connectivity index (χ4v) is 2.05. The molecule has 1 aromatic rings. The van der Waals surface area contributed by atoms with E-state index in [1.807, 2.05) is 25.7 Å². The summed E-state index contributed by atoms with van der Waals surface area (Å²) in [6.45, 7) is 7.43. The van der Waals surface area contributed by atoms with Crippen LogP contribution in [0.5, 0.6) is 0 Å². The van der Waals surface area contributed by atoms with Crippen LogP contribution in [0.25, 0.3) is 0 Å². The van der Waals surface area contributed by atoms with Crippen molar-refractivity contribution in [3.63, 3.8) is 0 Å². The predicted octanol–water partition coefficient (Wildman–Crippen LogP) is 4.29.